The minimum atomic E-state index is -3.16. The highest BCUT2D eigenvalue weighted by Gasteiger charge is 2.13. The van der Waals surface area contributed by atoms with Gasteiger partial charge in [-0.3, -0.25) is 10.1 Å². The molecule has 0 saturated carbocycles. The summed E-state index contributed by atoms with van der Waals surface area (Å²) in [4.78, 5) is 14.6. The van der Waals surface area contributed by atoms with E-state index in [4.69, 9.17) is 0 Å². The number of nitrogens with zero attached hydrogens (tertiary/aromatic N) is 2. The van der Waals surface area contributed by atoms with E-state index < -0.39 is 18.1 Å². The van der Waals surface area contributed by atoms with Crippen LogP contribution in [0.4, 0.5) is 23.2 Å². The molecule has 0 bridgehead atoms. The third kappa shape index (κ3) is 4.74. The molecule has 0 unspecified atom stereocenters. The van der Waals surface area contributed by atoms with E-state index in [1.54, 1.807) is 0 Å². The Morgan fingerprint density at radius 1 is 1.04 bits per heavy atom. The van der Waals surface area contributed by atoms with Gasteiger partial charge in [0.15, 0.2) is 0 Å². The van der Waals surface area contributed by atoms with Crippen LogP contribution in [0.15, 0.2) is 36.4 Å². The van der Waals surface area contributed by atoms with Gasteiger partial charge in [-0.1, -0.05) is 0 Å². The number of alkyl halides is 4. The van der Waals surface area contributed by atoms with Gasteiger partial charge in [-0.25, -0.2) is 4.98 Å². The fourth-order valence-corrected chi connectivity index (χ4v) is 3.21. The van der Waals surface area contributed by atoms with Crippen LogP contribution in [-0.2, 0) is 0 Å². The largest absolute Gasteiger partial charge is 0.435 e. The second kappa shape index (κ2) is 8.21. The summed E-state index contributed by atoms with van der Waals surface area (Å²) in [6.45, 7) is -6.26. The van der Waals surface area contributed by atoms with Crippen LogP contribution in [0.2, 0.25) is 0 Å². The van der Waals surface area contributed by atoms with Crippen molar-refractivity contribution in [1.29, 1.82) is 0 Å². The molecule has 0 atom stereocenters. The number of non-ortho nitro benzene ring substituents is 1. The minimum Gasteiger partial charge on any atom is -0.435 e. The molecule has 0 radical (unpaired) electrons. The SMILES string of the molecule is O=[N+]([O-])c1ccc2nc(C=Cc3ccc(OC(F)F)cc3OC(F)F)sc2c1. The summed E-state index contributed by atoms with van der Waals surface area (Å²) in [5.74, 6) is -0.670. The number of ether oxygens (including phenoxy) is 2. The summed E-state index contributed by atoms with van der Waals surface area (Å²) in [5.41, 5.74) is 0.654. The van der Waals surface area contributed by atoms with E-state index in [2.05, 4.69) is 14.5 Å². The summed E-state index contributed by atoms with van der Waals surface area (Å²) in [7, 11) is 0. The van der Waals surface area contributed by atoms with Crippen molar-refractivity contribution in [3.8, 4) is 11.5 Å². The highest BCUT2D eigenvalue weighted by molar-refractivity contribution is 7.19. The van der Waals surface area contributed by atoms with Gasteiger partial charge in [0.25, 0.3) is 5.69 Å². The number of rotatable bonds is 7. The maximum absolute atomic E-state index is 12.6. The van der Waals surface area contributed by atoms with Crippen molar-refractivity contribution in [2.24, 2.45) is 0 Å². The molecule has 0 aliphatic heterocycles. The Kier molecular flexibility index (Phi) is 5.73. The van der Waals surface area contributed by atoms with Crippen molar-refractivity contribution in [3.63, 3.8) is 0 Å². The predicted molar refractivity (Wildman–Crippen MR) is 94.9 cm³/mol. The lowest BCUT2D eigenvalue weighted by Gasteiger charge is -2.11. The van der Waals surface area contributed by atoms with Crippen molar-refractivity contribution in [2.75, 3.05) is 0 Å². The first-order chi connectivity index (χ1) is 13.3. The fourth-order valence-electron chi connectivity index (χ4n) is 2.30. The first-order valence-corrected chi connectivity index (χ1v) is 8.40. The monoisotopic (exact) mass is 414 g/mol. The van der Waals surface area contributed by atoms with E-state index in [1.165, 1.54) is 42.5 Å². The number of thiazole rings is 1. The molecule has 3 aromatic rings. The van der Waals surface area contributed by atoms with E-state index in [0.29, 0.717) is 15.2 Å². The predicted octanol–water partition coefficient (Wildman–Crippen LogP) is 5.58. The van der Waals surface area contributed by atoms with E-state index >= 15 is 0 Å². The molecule has 146 valence electrons. The maximum atomic E-state index is 12.6. The topological polar surface area (TPSA) is 74.5 Å². The number of benzene rings is 2. The molecule has 0 N–H and O–H groups in total. The molecule has 0 aliphatic carbocycles. The van der Waals surface area contributed by atoms with Gasteiger partial charge in [-0.05, 0) is 30.4 Å². The van der Waals surface area contributed by atoms with Crippen molar-refractivity contribution in [2.45, 2.75) is 13.2 Å². The first kappa shape index (κ1) is 19.5. The second-order valence-corrected chi connectivity index (χ2v) is 6.31. The number of aromatic nitrogens is 1. The van der Waals surface area contributed by atoms with Crippen LogP contribution < -0.4 is 9.47 Å². The van der Waals surface area contributed by atoms with E-state index in [-0.39, 0.29) is 22.7 Å². The number of hydrogen-bond acceptors (Lipinski definition) is 6. The van der Waals surface area contributed by atoms with E-state index in [9.17, 15) is 27.7 Å². The zero-order valence-electron chi connectivity index (χ0n) is 13.7. The molecule has 3 rings (SSSR count). The lowest BCUT2D eigenvalue weighted by atomic mass is 10.2. The summed E-state index contributed by atoms with van der Waals surface area (Å²) >= 11 is 1.16. The van der Waals surface area contributed by atoms with Crippen LogP contribution in [0.5, 0.6) is 11.5 Å². The lowest BCUT2D eigenvalue weighted by Crippen LogP contribution is -2.05. The van der Waals surface area contributed by atoms with Crippen LogP contribution in [0, 0.1) is 10.1 Å². The Balaban J connectivity index is 1.90. The Morgan fingerprint density at radius 2 is 1.79 bits per heavy atom. The zero-order valence-corrected chi connectivity index (χ0v) is 14.5. The molecule has 2 aromatic carbocycles. The minimum absolute atomic E-state index is 0.0751. The van der Waals surface area contributed by atoms with Crippen molar-refractivity contribution in [1.82, 2.24) is 4.98 Å². The molecule has 11 heteroatoms. The van der Waals surface area contributed by atoms with Gasteiger partial charge in [0, 0.05) is 23.8 Å². The molecule has 1 aromatic heterocycles. The highest BCUT2D eigenvalue weighted by atomic mass is 32.1. The van der Waals surface area contributed by atoms with Crippen molar-refractivity contribution >= 4 is 39.4 Å². The maximum Gasteiger partial charge on any atom is 0.387 e. The summed E-state index contributed by atoms with van der Waals surface area (Å²) < 4.78 is 58.9. The summed E-state index contributed by atoms with van der Waals surface area (Å²) in [5, 5.41) is 11.3. The van der Waals surface area contributed by atoms with Gasteiger partial charge in [-0.15, -0.1) is 11.3 Å². The lowest BCUT2D eigenvalue weighted by molar-refractivity contribution is -0.384. The quantitative estimate of drug-likeness (QED) is 0.287. The van der Waals surface area contributed by atoms with E-state index in [0.717, 1.165) is 17.4 Å². The van der Waals surface area contributed by atoms with Crippen LogP contribution in [0.1, 0.15) is 10.6 Å². The van der Waals surface area contributed by atoms with Crippen LogP contribution in [-0.4, -0.2) is 23.1 Å². The van der Waals surface area contributed by atoms with Gasteiger partial charge < -0.3 is 9.47 Å². The highest BCUT2D eigenvalue weighted by Crippen LogP contribution is 2.31. The summed E-state index contributed by atoms with van der Waals surface area (Å²) in [6.07, 6.45) is 2.91. The molecular formula is C17H10F4N2O4S. The first-order valence-electron chi connectivity index (χ1n) is 7.58. The van der Waals surface area contributed by atoms with Gasteiger partial charge in [-0.2, -0.15) is 17.6 Å². The molecule has 0 amide bonds. The standard InChI is InChI=1S/C17H10F4N2O4S/c18-16(19)26-11-4-1-9(13(8-11)27-17(20)21)2-6-15-22-12-5-3-10(23(24)25)7-14(12)28-15/h1-8,16-17H. The number of nitro groups is 1. The third-order valence-corrected chi connectivity index (χ3v) is 4.41. The Labute approximate surface area is 158 Å². The fraction of sp³-hybridized carbons (Fsp3) is 0.118. The van der Waals surface area contributed by atoms with Gasteiger partial charge in [0.1, 0.15) is 16.5 Å². The Hall–Kier alpha value is -3.21. The molecule has 0 saturated heterocycles. The van der Waals surface area contributed by atoms with Crippen LogP contribution in [0.25, 0.3) is 22.4 Å². The van der Waals surface area contributed by atoms with Gasteiger partial charge in [0.05, 0.1) is 15.1 Å². The third-order valence-electron chi connectivity index (χ3n) is 3.43. The molecule has 28 heavy (non-hydrogen) atoms. The average Bonchev–Trinajstić information content (AvgIpc) is 3.02. The molecule has 0 aliphatic rings. The van der Waals surface area contributed by atoms with Crippen molar-refractivity contribution in [3.05, 3.63) is 57.1 Å². The summed E-state index contributed by atoms with van der Waals surface area (Å²) in [6, 6.07) is 7.61. The molecule has 1 heterocycles. The van der Waals surface area contributed by atoms with E-state index in [1.807, 2.05) is 0 Å². The molecule has 0 fully saturated rings. The Morgan fingerprint density at radius 3 is 2.46 bits per heavy atom. The second-order valence-electron chi connectivity index (χ2n) is 5.25. The number of hydrogen-bond donors (Lipinski definition) is 0. The molecule has 6 nitrogen and oxygen atoms in total. The smallest absolute Gasteiger partial charge is 0.387 e. The average molecular weight is 414 g/mol. The number of fused-ring (bicyclic) bond motifs is 1. The normalized spacial score (nSPS) is 11.6. The number of halogens is 4. The molecule has 0 spiro atoms. The van der Waals surface area contributed by atoms with Gasteiger partial charge in [0.2, 0.25) is 0 Å². The Bertz CT molecular complexity index is 1040. The zero-order chi connectivity index (χ0) is 20.3. The van der Waals surface area contributed by atoms with Crippen LogP contribution in [0.3, 0.4) is 0 Å². The molecular weight excluding hydrogens is 404 g/mol. The number of nitro benzene ring substituents is 1. The van der Waals surface area contributed by atoms with Crippen molar-refractivity contribution < 1.29 is 32.0 Å². The van der Waals surface area contributed by atoms with Gasteiger partial charge >= 0.3 is 13.2 Å². The van der Waals surface area contributed by atoms with Crippen LogP contribution >= 0.6 is 11.3 Å².